The fourth-order valence-electron chi connectivity index (χ4n) is 1.70. The van der Waals surface area contributed by atoms with Gasteiger partial charge in [-0.25, -0.2) is 5.43 Å². The molecule has 7 nitrogen and oxygen atoms in total. The molecular weight excluding hydrogens is 296 g/mol. The molecule has 0 radical (unpaired) electrons. The van der Waals surface area contributed by atoms with Gasteiger partial charge in [-0.2, -0.15) is 5.10 Å². The number of non-ortho nitro benzene ring substituents is 1. The van der Waals surface area contributed by atoms with Gasteiger partial charge in [-0.3, -0.25) is 14.9 Å². The zero-order valence-electron chi connectivity index (χ0n) is 12.0. The molecular formula is C16H14N4O3. The van der Waals surface area contributed by atoms with Crippen molar-refractivity contribution in [2.45, 2.75) is 0 Å². The second-order valence-electron chi connectivity index (χ2n) is 4.55. The molecule has 0 aliphatic heterocycles. The van der Waals surface area contributed by atoms with Crippen LogP contribution < -0.4 is 11.2 Å². The predicted molar refractivity (Wildman–Crippen MR) is 88.9 cm³/mol. The third-order valence-corrected chi connectivity index (χ3v) is 2.89. The third kappa shape index (κ3) is 4.78. The Labute approximate surface area is 132 Å². The van der Waals surface area contributed by atoms with Gasteiger partial charge < -0.3 is 5.73 Å². The van der Waals surface area contributed by atoms with Crippen LogP contribution in [0.4, 0.5) is 11.4 Å². The maximum absolute atomic E-state index is 11.7. The number of rotatable bonds is 5. The van der Waals surface area contributed by atoms with Gasteiger partial charge in [0.15, 0.2) is 0 Å². The van der Waals surface area contributed by atoms with Crippen LogP contribution >= 0.6 is 0 Å². The van der Waals surface area contributed by atoms with E-state index >= 15 is 0 Å². The van der Waals surface area contributed by atoms with Crippen LogP contribution in [-0.2, 0) is 0 Å². The lowest BCUT2D eigenvalue weighted by molar-refractivity contribution is -0.384. The highest BCUT2D eigenvalue weighted by Gasteiger charge is 2.03. The highest BCUT2D eigenvalue weighted by atomic mass is 16.6. The van der Waals surface area contributed by atoms with Gasteiger partial charge >= 0.3 is 0 Å². The van der Waals surface area contributed by atoms with Gasteiger partial charge in [-0.05, 0) is 48.0 Å². The highest BCUT2D eigenvalue weighted by molar-refractivity contribution is 5.95. The van der Waals surface area contributed by atoms with E-state index in [9.17, 15) is 14.9 Å². The van der Waals surface area contributed by atoms with E-state index in [2.05, 4.69) is 10.5 Å². The molecule has 0 saturated carbocycles. The Bertz CT molecular complexity index is 750. The van der Waals surface area contributed by atoms with Crippen molar-refractivity contribution in [3.8, 4) is 0 Å². The number of hydrazone groups is 1. The van der Waals surface area contributed by atoms with Gasteiger partial charge in [-0.1, -0.05) is 6.08 Å². The van der Waals surface area contributed by atoms with E-state index in [1.165, 1.54) is 18.3 Å². The first-order valence-corrected chi connectivity index (χ1v) is 6.66. The molecule has 116 valence electrons. The molecule has 0 aliphatic rings. The van der Waals surface area contributed by atoms with Crippen molar-refractivity contribution in [1.29, 1.82) is 0 Å². The van der Waals surface area contributed by atoms with Crippen LogP contribution in [0.5, 0.6) is 0 Å². The Morgan fingerprint density at radius 1 is 1.13 bits per heavy atom. The number of nitro groups is 1. The van der Waals surface area contributed by atoms with Crippen molar-refractivity contribution in [3.63, 3.8) is 0 Å². The minimum atomic E-state index is -0.457. The Morgan fingerprint density at radius 2 is 1.78 bits per heavy atom. The van der Waals surface area contributed by atoms with Crippen molar-refractivity contribution in [1.82, 2.24) is 5.43 Å². The standard InChI is InChI=1S/C16H14N4O3/c17-14-7-5-13(6-8-14)16(21)19-18-11-1-2-12-3-9-15(10-4-12)20(22)23/h1-11H,17H2,(H,19,21). The van der Waals surface area contributed by atoms with Gasteiger partial charge in [-0.15, -0.1) is 0 Å². The van der Waals surface area contributed by atoms with Gasteiger partial charge in [0.1, 0.15) is 0 Å². The summed E-state index contributed by atoms with van der Waals surface area (Å²) in [5.74, 6) is -0.343. The summed E-state index contributed by atoms with van der Waals surface area (Å²) in [6, 6.07) is 12.5. The first kappa shape index (κ1) is 15.9. The molecule has 1 amide bonds. The quantitative estimate of drug-likeness (QED) is 0.382. The van der Waals surface area contributed by atoms with Crippen molar-refractivity contribution >= 4 is 29.6 Å². The van der Waals surface area contributed by atoms with Gasteiger partial charge in [0.05, 0.1) is 4.92 Å². The smallest absolute Gasteiger partial charge is 0.271 e. The number of anilines is 1. The molecule has 0 heterocycles. The topological polar surface area (TPSA) is 111 Å². The van der Waals surface area contributed by atoms with E-state index in [4.69, 9.17) is 5.73 Å². The molecule has 2 aromatic carbocycles. The molecule has 23 heavy (non-hydrogen) atoms. The second kappa shape index (κ2) is 7.51. The average Bonchev–Trinajstić information content (AvgIpc) is 2.55. The highest BCUT2D eigenvalue weighted by Crippen LogP contribution is 2.12. The summed E-state index contributed by atoms with van der Waals surface area (Å²) in [5.41, 5.74) is 9.77. The maximum atomic E-state index is 11.7. The number of carbonyl (C=O) groups excluding carboxylic acids is 1. The molecule has 0 aliphatic carbocycles. The summed E-state index contributed by atoms with van der Waals surface area (Å²) in [7, 11) is 0. The SMILES string of the molecule is Nc1ccc(C(=O)NN=CC=Cc2ccc([N+](=O)[O-])cc2)cc1. The average molecular weight is 310 g/mol. The Kier molecular flexibility index (Phi) is 5.19. The van der Waals surface area contributed by atoms with Crippen LogP contribution in [-0.4, -0.2) is 17.0 Å². The number of nitro benzene ring substituents is 1. The van der Waals surface area contributed by atoms with Crippen LogP contribution in [0.1, 0.15) is 15.9 Å². The molecule has 0 unspecified atom stereocenters. The lowest BCUT2D eigenvalue weighted by Crippen LogP contribution is -2.17. The summed E-state index contributed by atoms with van der Waals surface area (Å²) in [6.07, 6.45) is 4.74. The van der Waals surface area contributed by atoms with E-state index in [0.717, 1.165) is 5.56 Å². The van der Waals surface area contributed by atoms with Crippen LogP contribution in [0.2, 0.25) is 0 Å². The number of nitrogens with zero attached hydrogens (tertiary/aromatic N) is 2. The summed E-state index contributed by atoms with van der Waals surface area (Å²) in [6.45, 7) is 0. The van der Waals surface area contributed by atoms with E-state index in [1.807, 2.05) is 0 Å². The second-order valence-corrected chi connectivity index (χ2v) is 4.55. The molecule has 2 rings (SSSR count). The van der Waals surface area contributed by atoms with E-state index in [-0.39, 0.29) is 11.6 Å². The number of allylic oxidation sites excluding steroid dienone is 1. The largest absolute Gasteiger partial charge is 0.399 e. The summed E-state index contributed by atoms with van der Waals surface area (Å²) in [5, 5.41) is 14.3. The number of hydrogen-bond donors (Lipinski definition) is 2. The molecule has 7 heteroatoms. The number of hydrogen-bond acceptors (Lipinski definition) is 5. The molecule has 0 fully saturated rings. The van der Waals surface area contributed by atoms with E-state index < -0.39 is 4.92 Å². The zero-order valence-corrected chi connectivity index (χ0v) is 12.0. The van der Waals surface area contributed by atoms with Gasteiger partial charge in [0, 0.05) is 29.6 Å². The number of carbonyl (C=O) groups is 1. The van der Waals surface area contributed by atoms with Crippen molar-refractivity contribution in [2.75, 3.05) is 5.73 Å². The number of nitrogens with one attached hydrogen (secondary N) is 1. The lowest BCUT2D eigenvalue weighted by Gasteiger charge is -1.99. The molecule has 0 saturated heterocycles. The fourth-order valence-corrected chi connectivity index (χ4v) is 1.70. The zero-order chi connectivity index (χ0) is 16.7. The number of nitrogen functional groups attached to an aromatic ring is 1. The number of benzene rings is 2. The minimum absolute atomic E-state index is 0.0339. The Morgan fingerprint density at radius 3 is 2.39 bits per heavy atom. The van der Waals surface area contributed by atoms with Crippen LogP contribution in [0.15, 0.2) is 59.7 Å². The fraction of sp³-hybridized carbons (Fsp3) is 0. The van der Waals surface area contributed by atoms with Crippen molar-refractivity contribution in [3.05, 3.63) is 75.8 Å². The first-order chi connectivity index (χ1) is 11.1. The molecule has 3 N–H and O–H groups in total. The maximum Gasteiger partial charge on any atom is 0.271 e. The molecule has 2 aromatic rings. The van der Waals surface area contributed by atoms with Gasteiger partial charge in [0.2, 0.25) is 0 Å². The van der Waals surface area contributed by atoms with Crippen LogP contribution in [0.25, 0.3) is 6.08 Å². The predicted octanol–water partition coefficient (Wildman–Crippen LogP) is 2.61. The van der Waals surface area contributed by atoms with E-state index in [0.29, 0.717) is 11.3 Å². The molecule has 0 spiro atoms. The first-order valence-electron chi connectivity index (χ1n) is 6.66. The van der Waals surface area contributed by atoms with Gasteiger partial charge in [0.25, 0.3) is 11.6 Å². The summed E-state index contributed by atoms with van der Waals surface area (Å²) < 4.78 is 0. The third-order valence-electron chi connectivity index (χ3n) is 2.89. The molecule has 0 atom stereocenters. The van der Waals surface area contributed by atoms with E-state index in [1.54, 1.807) is 48.6 Å². The number of nitrogens with two attached hydrogens (primary N) is 1. The lowest BCUT2D eigenvalue weighted by atomic mass is 10.2. The molecule has 0 aromatic heterocycles. The summed E-state index contributed by atoms with van der Waals surface area (Å²) >= 11 is 0. The normalized spacial score (nSPS) is 11.0. The van der Waals surface area contributed by atoms with Crippen LogP contribution in [0.3, 0.4) is 0 Å². The molecule has 0 bridgehead atoms. The van der Waals surface area contributed by atoms with Crippen molar-refractivity contribution < 1.29 is 9.72 Å². The summed E-state index contributed by atoms with van der Waals surface area (Å²) in [4.78, 5) is 21.8. The monoisotopic (exact) mass is 310 g/mol. The minimum Gasteiger partial charge on any atom is -0.399 e. The van der Waals surface area contributed by atoms with Crippen molar-refractivity contribution in [2.24, 2.45) is 5.10 Å². The Hall–Kier alpha value is -3.48. The Balaban J connectivity index is 1.87. The van der Waals surface area contributed by atoms with Crippen LogP contribution in [0, 0.1) is 10.1 Å². The number of amides is 1.